The van der Waals surface area contributed by atoms with Crippen molar-refractivity contribution in [3.63, 3.8) is 0 Å². The van der Waals surface area contributed by atoms with Gasteiger partial charge in [-0.05, 0) is 60.0 Å². The maximum absolute atomic E-state index is 12.8. The Balaban J connectivity index is 2.07. The summed E-state index contributed by atoms with van der Waals surface area (Å²) in [6.45, 7) is 4.71. The fourth-order valence-electron chi connectivity index (χ4n) is 2.84. The summed E-state index contributed by atoms with van der Waals surface area (Å²) in [5, 5.41) is 15.3. The van der Waals surface area contributed by atoms with Crippen LogP contribution in [0.4, 0.5) is 4.79 Å². The van der Waals surface area contributed by atoms with E-state index in [1.807, 2.05) is 30.3 Å². The van der Waals surface area contributed by atoms with Gasteiger partial charge < -0.3 is 29.4 Å². The molecule has 0 aromatic heterocycles. The van der Waals surface area contributed by atoms with Crippen molar-refractivity contribution < 1.29 is 38.4 Å². The van der Waals surface area contributed by atoms with Crippen LogP contribution < -0.4 is 20.2 Å². The topological polar surface area (TPSA) is 145 Å². The highest BCUT2D eigenvalue weighted by Crippen LogP contribution is 2.36. The average molecular weight is 580 g/mol. The molecule has 2 rings (SSSR count). The lowest BCUT2D eigenvalue weighted by Gasteiger charge is -2.22. The Bertz CT molecular complexity index is 1100. The number of carbonyl (C=O) groups is 3. The molecule has 0 bridgehead atoms. The molecule has 2 amide bonds. The van der Waals surface area contributed by atoms with E-state index in [0.29, 0.717) is 10.0 Å². The number of carboxylic acids is 1. The Kier molecular flexibility index (Phi) is 11.3. The summed E-state index contributed by atoms with van der Waals surface area (Å²) in [5.41, 5.74) is 3.05. The number of carboxylic acid groups (broad SMARTS) is 1. The number of hydrogen-bond acceptors (Lipinski definition) is 8. The second kappa shape index (κ2) is 14.2. The lowest BCUT2D eigenvalue weighted by Crippen LogP contribution is -2.49. The van der Waals surface area contributed by atoms with Crippen molar-refractivity contribution in [1.29, 1.82) is 0 Å². The second-order valence-corrected chi connectivity index (χ2v) is 9.50. The van der Waals surface area contributed by atoms with Gasteiger partial charge in [-0.3, -0.25) is 4.79 Å². The summed E-state index contributed by atoms with van der Waals surface area (Å²) < 4.78 is 21.8. The van der Waals surface area contributed by atoms with E-state index in [9.17, 15) is 14.4 Å². The molecule has 3 N–H and O–H groups in total. The minimum absolute atomic E-state index is 0.121. The highest BCUT2D eigenvalue weighted by atomic mass is 79.9. The van der Waals surface area contributed by atoms with Crippen molar-refractivity contribution in [2.24, 2.45) is 5.10 Å². The summed E-state index contributed by atoms with van der Waals surface area (Å²) in [6, 6.07) is 11.5. The van der Waals surface area contributed by atoms with Crippen LogP contribution in [0.5, 0.6) is 11.5 Å². The van der Waals surface area contributed by atoms with E-state index < -0.39 is 36.2 Å². The third-order valence-electron chi connectivity index (χ3n) is 4.38. The Hall–Kier alpha value is -3.64. The molecule has 200 valence electrons. The first kappa shape index (κ1) is 29.6. The van der Waals surface area contributed by atoms with Crippen molar-refractivity contribution >= 4 is 40.1 Å². The first-order chi connectivity index (χ1) is 17.5. The average Bonchev–Trinajstić information content (AvgIpc) is 2.81. The number of methoxy groups -OCH3 is 1. The molecule has 12 heteroatoms. The van der Waals surface area contributed by atoms with Gasteiger partial charge in [-0.2, -0.15) is 5.10 Å². The number of carbonyl (C=O) groups excluding carboxylic acids is 2. The van der Waals surface area contributed by atoms with Crippen LogP contribution in [-0.2, 0) is 25.7 Å². The number of nitrogens with zero attached hydrogens (tertiary/aromatic N) is 1. The van der Waals surface area contributed by atoms with Crippen LogP contribution in [0.3, 0.4) is 0 Å². The number of alkyl carbamates (subject to hydrolysis) is 1. The predicted octanol–water partition coefficient (Wildman–Crippen LogP) is 3.48. The molecule has 2 aromatic carbocycles. The van der Waals surface area contributed by atoms with Gasteiger partial charge in [0.05, 0.1) is 31.0 Å². The van der Waals surface area contributed by atoms with Crippen molar-refractivity contribution in [1.82, 2.24) is 10.7 Å². The van der Waals surface area contributed by atoms with E-state index in [1.165, 1.54) is 13.3 Å². The fraction of sp³-hybridized carbons (Fsp3) is 0.360. The van der Waals surface area contributed by atoms with E-state index in [-0.39, 0.29) is 24.7 Å². The highest BCUT2D eigenvalue weighted by Gasteiger charge is 2.24. The van der Waals surface area contributed by atoms with Gasteiger partial charge in [0.25, 0.3) is 5.91 Å². The zero-order valence-corrected chi connectivity index (χ0v) is 22.5. The molecule has 0 aliphatic heterocycles. The van der Waals surface area contributed by atoms with E-state index in [2.05, 4.69) is 31.8 Å². The number of rotatable bonds is 12. The maximum Gasteiger partial charge on any atom is 0.408 e. The Morgan fingerprint density at radius 1 is 1.16 bits per heavy atom. The molecule has 0 aliphatic rings. The number of hydrazone groups is 1. The zero-order chi connectivity index (χ0) is 27.4. The first-order valence-electron chi connectivity index (χ1n) is 11.1. The molecular formula is C25H30BrN3O8. The SMILES string of the molecule is COc1cc(/C=N\NC(=O)[C@H](COCc2ccccc2)NC(=O)OC(C)(C)C)cc(Br)c1OCC(=O)O. The molecule has 0 saturated carbocycles. The molecule has 0 spiro atoms. The normalized spacial score (nSPS) is 12.0. The minimum Gasteiger partial charge on any atom is -0.493 e. The van der Waals surface area contributed by atoms with E-state index in [4.69, 9.17) is 24.1 Å². The van der Waals surface area contributed by atoms with Crippen molar-refractivity contribution in [3.8, 4) is 11.5 Å². The van der Waals surface area contributed by atoms with Gasteiger partial charge in [0.15, 0.2) is 18.1 Å². The third kappa shape index (κ3) is 10.9. The number of amides is 2. The standard InChI is InChI=1S/C25H30BrN3O8/c1-25(2,3)37-24(33)28-19(14-35-13-16-8-6-5-7-9-16)23(32)29-27-12-17-10-18(26)22(20(11-17)34-4)36-15-21(30)31/h5-12,19H,13-15H2,1-4H3,(H,28,33)(H,29,32)(H,30,31)/b27-12-/t19-/m0/s1. The molecule has 0 radical (unpaired) electrons. The van der Waals surface area contributed by atoms with Gasteiger partial charge in [-0.15, -0.1) is 0 Å². The second-order valence-electron chi connectivity index (χ2n) is 8.65. The lowest BCUT2D eigenvalue weighted by atomic mass is 10.2. The van der Waals surface area contributed by atoms with Crippen LogP contribution >= 0.6 is 15.9 Å². The van der Waals surface area contributed by atoms with E-state index in [1.54, 1.807) is 32.9 Å². The summed E-state index contributed by atoms with van der Waals surface area (Å²) >= 11 is 3.31. The number of ether oxygens (including phenoxy) is 4. The Morgan fingerprint density at radius 3 is 2.49 bits per heavy atom. The lowest BCUT2D eigenvalue weighted by molar-refractivity contribution is -0.139. The first-order valence-corrected chi connectivity index (χ1v) is 11.9. The largest absolute Gasteiger partial charge is 0.493 e. The highest BCUT2D eigenvalue weighted by molar-refractivity contribution is 9.10. The van der Waals surface area contributed by atoms with Gasteiger partial charge >= 0.3 is 12.1 Å². The number of aliphatic carboxylic acids is 1. The molecular weight excluding hydrogens is 550 g/mol. The molecule has 0 saturated heterocycles. The Labute approximate surface area is 223 Å². The molecule has 2 aromatic rings. The van der Waals surface area contributed by atoms with Gasteiger partial charge in [0, 0.05) is 0 Å². The molecule has 0 heterocycles. The van der Waals surface area contributed by atoms with Crippen LogP contribution in [-0.4, -0.2) is 61.3 Å². The molecule has 37 heavy (non-hydrogen) atoms. The van der Waals surface area contributed by atoms with E-state index >= 15 is 0 Å². The third-order valence-corrected chi connectivity index (χ3v) is 4.97. The van der Waals surface area contributed by atoms with Crippen molar-refractivity contribution in [2.45, 2.75) is 39.0 Å². The van der Waals surface area contributed by atoms with Crippen LogP contribution in [0.25, 0.3) is 0 Å². The summed E-state index contributed by atoms with van der Waals surface area (Å²) in [4.78, 5) is 35.8. The van der Waals surface area contributed by atoms with Crippen LogP contribution in [0.2, 0.25) is 0 Å². The van der Waals surface area contributed by atoms with Gasteiger partial charge in [0.2, 0.25) is 0 Å². The minimum atomic E-state index is -1.13. The summed E-state index contributed by atoms with van der Waals surface area (Å²) in [7, 11) is 1.40. The monoisotopic (exact) mass is 579 g/mol. The molecule has 0 aliphatic carbocycles. The molecule has 0 fully saturated rings. The fourth-order valence-corrected chi connectivity index (χ4v) is 3.41. The Morgan fingerprint density at radius 2 is 1.86 bits per heavy atom. The summed E-state index contributed by atoms with van der Waals surface area (Å²) in [6.07, 6.45) is 0.576. The van der Waals surface area contributed by atoms with Gasteiger partial charge in [-0.25, -0.2) is 15.0 Å². The van der Waals surface area contributed by atoms with Crippen molar-refractivity contribution in [3.05, 3.63) is 58.1 Å². The van der Waals surface area contributed by atoms with E-state index in [0.717, 1.165) is 5.56 Å². The number of benzene rings is 2. The van der Waals surface area contributed by atoms with Crippen LogP contribution in [0, 0.1) is 0 Å². The van der Waals surface area contributed by atoms with Crippen molar-refractivity contribution in [2.75, 3.05) is 20.3 Å². The smallest absolute Gasteiger partial charge is 0.408 e. The van der Waals surface area contributed by atoms with Crippen LogP contribution in [0.1, 0.15) is 31.9 Å². The molecule has 1 atom stereocenters. The summed E-state index contributed by atoms with van der Waals surface area (Å²) in [5.74, 6) is -1.28. The predicted molar refractivity (Wildman–Crippen MR) is 139 cm³/mol. The number of nitrogens with one attached hydrogen (secondary N) is 2. The molecule has 11 nitrogen and oxygen atoms in total. The zero-order valence-electron chi connectivity index (χ0n) is 20.9. The maximum atomic E-state index is 12.8. The van der Waals surface area contributed by atoms with Gasteiger partial charge in [0.1, 0.15) is 11.6 Å². The van der Waals surface area contributed by atoms with Gasteiger partial charge in [-0.1, -0.05) is 30.3 Å². The van der Waals surface area contributed by atoms with Crippen LogP contribution in [0.15, 0.2) is 52.0 Å². The molecule has 0 unspecified atom stereocenters. The number of halogens is 1. The quantitative estimate of drug-likeness (QED) is 0.256. The number of hydrogen-bond donors (Lipinski definition) is 3.